The molecule has 0 radical (unpaired) electrons. The largest absolute Gasteiger partial charge is 0.486 e. The van der Waals surface area contributed by atoms with Gasteiger partial charge in [-0.15, -0.1) is 0 Å². The molecule has 1 aromatic carbocycles. The predicted octanol–water partition coefficient (Wildman–Crippen LogP) is 3.50. The van der Waals surface area contributed by atoms with Crippen LogP contribution in [0, 0.1) is 25.7 Å². The highest BCUT2D eigenvalue weighted by Crippen LogP contribution is 2.36. The van der Waals surface area contributed by atoms with Gasteiger partial charge in [0.25, 0.3) is 5.91 Å². The number of hydrogen-bond donors (Lipinski definition) is 3. The Morgan fingerprint density at radius 1 is 1.28 bits per heavy atom. The summed E-state index contributed by atoms with van der Waals surface area (Å²) in [6.07, 6.45) is 2.31. The van der Waals surface area contributed by atoms with Crippen molar-refractivity contribution >= 4 is 23.3 Å². The third-order valence-corrected chi connectivity index (χ3v) is 6.97. The van der Waals surface area contributed by atoms with E-state index < -0.39 is 6.03 Å². The lowest BCUT2D eigenvalue weighted by Gasteiger charge is -2.38. The maximum Gasteiger partial charge on any atom is 0.323 e. The minimum atomic E-state index is -0.494. The highest BCUT2D eigenvalue weighted by atomic mass is 16.5. The van der Waals surface area contributed by atoms with Crippen LogP contribution in [0.3, 0.4) is 0 Å². The lowest BCUT2D eigenvalue weighted by molar-refractivity contribution is 0.0346. The Labute approximate surface area is 211 Å². The Bertz CT molecular complexity index is 1080. The maximum atomic E-state index is 13.6. The molecule has 196 valence electrons. The summed E-state index contributed by atoms with van der Waals surface area (Å²) in [5, 5.41) is 19.3. The summed E-state index contributed by atoms with van der Waals surface area (Å²) in [7, 11) is 2.09. The van der Waals surface area contributed by atoms with Crippen LogP contribution < -0.4 is 15.4 Å². The van der Waals surface area contributed by atoms with E-state index >= 15 is 0 Å². The van der Waals surface area contributed by atoms with Crippen LogP contribution in [0.2, 0.25) is 0 Å². The van der Waals surface area contributed by atoms with E-state index in [2.05, 4.69) is 34.7 Å². The van der Waals surface area contributed by atoms with Gasteiger partial charge in [-0.3, -0.25) is 4.79 Å². The molecule has 0 bridgehead atoms. The standard InChI is InChI=1S/C26H37N5O5/c1-15-11-31(16(2)14-32)25(33)20-7-6-8-21(27-26(34)28-23-17(3)29-36-18(23)4)24(20)35-22(15)13-30(5)12-19-9-10-19/h6-8,15-16,19,22,32H,9-14H2,1-5H3,(H2,27,28,34)/t15-,16+,22-/m1/s1. The molecule has 1 aliphatic heterocycles. The minimum Gasteiger partial charge on any atom is -0.486 e. The summed E-state index contributed by atoms with van der Waals surface area (Å²) in [6.45, 7) is 9.38. The van der Waals surface area contributed by atoms with Crippen molar-refractivity contribution in [2.45, 2.75) is 52.7 Å². The number of aryl methyl sites for hydroxylation is 2. The Kier molecular flexibility index (Phi) is 7.85. The molecule has 0 saturated heterocycles. The van der Waals surface area contributed by atoms with Crippen LogP contribution in [0.15, 0.2) is 22.7 Å². The van der Waals surface area contributed by atoms with E-state index in [1.807, 2.05) is 6.92 Å². The van der Waals surface area contributed by atoms with Gasteiger partial charge >= 0.3 is 6.03 Å². The van der Waals surface area contributed by atoms with Gasteiger partial charge in [-0.05, 0) is 58.7 Å². The number of carbonyl (C=O) groups excluding carboxylic acids is 2. The molecule has 2 aromatic rings. The first kappa shape index (κ1) is 26.0. The summed E-state index contributed by atoms with van der Waals surface area (Å²) in [6, 6.07) is 4.29. The number of anilines is 2. The van der Waals surface area contributed by atoms with Crippen LogP contribution in [-0.4, -0.2) is 77.4 Å². The highest BCUT2D eigenvalue weighted by molar-refractivity contribution is 6.04. The number of aliphatic hydroxyl groups is 1. The van der Waals surface area contributed by atoms with Gasteiger partial charge in [0.05, 0.1) is 23.9 Å². The van der Waals surface area contributed by atoms with Gasteiger partial charge in [0.15, 0.2) is 11.5 Å². The van der Waals surface area contributed by atoms with Crippen molar-refractivity contribution in [1.82, 2.24) is 15.0 Å². The van der Waals surface area contributed by atoms with Crippen LogP contribution in [0.1, 0.15) is 48.5 Å². The number of rotatable bonds is 8. The SMILES string of the molecule is Cc1noc(C)c1NC(=O)Nc1cccc2c1O[C@H](CN(C)CC1CC1)[C@H](C)CN([C@@H](C)CO)C2=O. The number of nitrogens with one attached hydrogen (secondary N) is 2. The van der Waals surface area contributed by atoms with Gasteiger partial charge in [-0.1, -0.05) is 18.1 Å². The zero-order valence-corrected chi connectivity index (χ0v) is 21.7. The summed E-state index contributed by atoms with van der Waals surface area (Å²) in [5.41, 5.74) is 1.82. The van der Waals surface area contributed by atoms with E-state index in [0.717, 1.165) is 12.5 Å². The molecule has 1 aliphatic carbocycles. The lowest BCUT2D eigenvalue weighted by atomic mass is 9.99. The fourth-order valence-electron chi connectivity index (χ4n) is 4.61. The molecule has 1 saturated carbocycles. The Morgan fingerprint density at radius 3 is 2.67 bits per heavy atom. The molecule has 4 rings (SSSR count). The summed E-state index contributed by atoms with van der Waals surface area (Å²) in [4.78, 5) is 30.5. The first-order chi connectivity index (χ1) is 17.2. The Balaban J connectivity index is 1.64. The number of fused-ring (bicyclic) bond motifs is 1. The molecule has 10 heteroatoms. The number of nitrogens with zero attached hydrogens (tertiary/aromatic N) is 3. The van der Waals surface area contributed by atoms with Crippen molar-refractivity contribution in [2.24, 2.45) is 11.8 Å². The number of benzene rings is 1. The zero-order chi connectivity index (χ0) is 26.0. The molecule has 36 heavy (non-hydrogen) atoms. The van der Waals surface area contributed by atoms with Crippen LogP contribution in [0.4, 0.5) is 16.2 Å². The Morgan fingerprint density at radius 2 is 2.03 bits per heavy atom. The van der Waals surface area contributed by atoms with Crippen molar-refractivity contribution < 1.29 is 24.0 Å². The molecule has 0 unspecified atom stereocenters. The molecule has 0 spiro atoms. The van der Waals surface area contributed by atoms with E-state index in [1.165, 1.54) is 12.8 Å². The predicted molar refractivity (Wildman–Crippen MR) is 136 cm³/mol. The number of likely N-dealkylation sites (N-methyl/N-ethyl adjacent to an activating group) is 1. The average molecular weight is 500 g/mol. The number of para-hydroxylation sites is 1. The monoisotopic (exact) mass is 499 g/mol. The van der Waals surface area contributed by atoms with E-state index in [4.69, 9.17) is 9.26 Å². The molecule has 10 nitrogen and oxygen atoms in total. The molecule has 2 heterocycles. The Hall–Kier alpha value is -3.11. The molecule has 2 aliphatic rings. The number of hydrogen-bond acceptors (Lipinski definition) is 7. The van der Waals surface area contributed by atoms with Gasteiger partial charge in [0.1, 0.15) is 17.5 Å². The van der Waals surface area contributed by atoms with Crippen LogP contribution in [-0.2, 0) is 0 Å². The molecular weight excluding hydrogens is 462 g/mol. The molecule has 3 N–H and O–H groups in total. The maximum absolute atomic E-state index is 13.6. The van der Waals surface area contributed by atoms with Crippen molar-refractivity contribution in [2.75, 3.05) is 43.9 Å². The third kappa shape index (κ3) is 5.82. The minimum absolute atomic E-state index is 0.00180. The van der Waals surface area contributed by atoms with Crippen LogP contribution >= 0.6 is 0 Å². The topological polar surface area (TPSA) is 120 Å². The van der Waals surface area contributed by atoms with Crippen molar-refractivity contribution in [3.05, 3.63) is 35.2 Å². The fraction of sp³-hybridized carbons (Fsp3) is 0.577. The number of aromatic nitrogens is 1. The first-order valence-electron chi connectivity index (χ1n) is 12.6. The van der Waals surface area contributed by atoms with E-state index in [9.17, 15) is 14.7 Å². The number of amides is 3. The summed E-state index contributed by atoms with van der Waals surface area (Å²) < 4.78 is 11.7. The van der Waals surface area contributed by atoms with Crippen molar-refractivity contribution in [3.63, 3.8) is 0 Å². The second kappa shape index (κ2) is 10.9. The van der Waals surface area contributed by atoms with Gasteiger partial charge < -0.3 is 34.8 Å². The van der Waals surface area contributed by atoms with E-state index in [0.29, 0.717) is 47.2 Å². The zero-order valence-electron chi connectivity index (χ0n) is 21.7. The second-order valence-corrected chi connectivity index (χ2v) is 10.2. The molecular formula is C26H37N5O5. The summed E-state index contributed by atoms with van der Waals surface area (Å²) in [5.74, 6) is 1.34. The third-order valence-electron chi connectivity index (χ3n) is 6.97. The summed E-state index contributed by atoms with van der Waals surface area (Å²) >= 11 is 0. The first-order valence-corrected chi connectivity index (χ1v) is 12.6. The second-order valence-electron chi connectivity index (χ2n) is 10.2. The number of carbonyl (C=O) groups is 2. The number of ether oxygens (including phenoxy) is 1. The highest BCUT2D eigenvalue weighted by Gasteiger charge is 2.35. The van der Waals surface area contributed by atoms with Crippen molar-refractivity contribution in [1.29, 1.82) is 0 Å². The van der Waals surface area contributed by atoms with Gasteiger partial charge in [0, 0.05) is 25.6 Å². The van der Waals surface area contributed by atoms with Gasteiger partial charge in [0.2, 0.25) is 0 Å². The average Bonchev–Trinajstić information content (AvgIpc) is 3.60. The van der Waals surface area contributed by atoms with E-state index in [-0.39, 0.29) is 30.6 Å². The normalized spacial score (nSPS) is 20.9. The van der Waals surface area contributed by atoms with Crippen molar-refractivity contribution in [3.8, 4) is 5.75 Å². The molecule has 1 aromatic heterocycles. The van der Waals surface area contributed by atoms with Gasteiger partial charge in [-0.2, -0.15) is 0 Å². The number of urea groups is 1. The van der Waals surface area contributed by atoms with Gasteiger partial charge in [-0.25, -0.2) is 4.79 Å². The molecule has 3 amide bonds. The molecule has 1 fully saturated rings. The van der Waals surface area contributed by atoms with Crippen LogP contribution in [0.5, 0.6) is 5.75 Å². The smallest absolute Gasteiger partial charge is 0.323 e. The van der Waals surface area contributed by atoms with E-state index in [1.54, 1.807) is 36.9 Å². The fourth-order valence-corrected chi connectivity index (χ4v) is 4.61. The quantitative estimate of drug-likeness (QED) is 0.508. The lowest BCUT2D eigenvalue weighted by Crippen LogP contribution is -2.50. The van der Waals surface area contributed by atoms with Crippen LogP contribution in [0.25, 0.3) is 0 Å². The number of aliphatic hydroxyl groups excluding tert-OH is 1. The molecule has 3 atom stereocenters.